The van der Waals surface area contributed by atoms with Crippen LogP contribution < -0.4 is 11.1 Å². The van der Waals surface area contributed by atoms with Gasteiger partial charge in [0.25, 0.3) is 0 Å². The lowest BCUT2D eigenvalue weighted by molar-refractivity contribution is -0.120. The lowest BCUT2D eigenvalue weighted by Gasteiger charge is -2.16. The fourth-order valence-electron chi connectivity index (χ4n) is 1.69. The van der Waals surface area contributed by atoms with Crippen LogP contribution in [0.3, 0.4) is 0 Å². The number of carbonyl (C=O) groups is 1. The van der Waals surface area contributed by atoms with Crippen LogP contribution in [0.4, 0.5) is 0 Å². The number of nitrogens with zero attached hydrogens (tertiary/aromatic N) is 3. The van der Waals surface area contributed by atoms with Gasteiger partial charge in [-0.1, -0.05) is 25.9 Å². The number of carbonyl (C=O) groups excluding carboxylic acids is 1. The van der Waals surface area contributed by atoms with Crippen molar-refractivity contribution in [2.24, 2.45) is 10.8 Å². The zero-order chi connectivity index (χ0) is 15.2. The van der Waals surface area contributed by atoms with Gasteiger partial charge < -0.3 is 11.1 Å². The van der Waals surface area contributed by atoms with Crippen LogP contribution in [0, 0.1) is 0 Å². The number of thiophene rings is 1. The molecule has 0 aliphatic rings. The first-order valence-electron chi connectivity index (χ1n) is 6.50. The molecule has 0 aliphatic heterocycles. The van der Waals surface area contributed by atoms with Gasteiger partial charge in [-0.25, -0.2) is 0 Å². The summed E-state index contributed by atoms with van der Waals surface area (Å²) in [5.41, 5.74) is 13.7. The summed E-state index contributed by atoms with van der Waals surface area (Å²) in [6.45, 7) is 7.39. The Morgan fingerprint density at radius 2 is 2.25 bits per heavy atom. The summed E-state index contributed by atoms with van der Waals surface area (Å²) < 4.78 is 0. The normalized spacial score (nSPS) is 12.8. The molecule has 1 aromatic rings. The van der Waals surface area contributed by atoms with Crippen molar-refractivity contribution in [1.82, 2.24) is 5.32 Å². The van der Waals surface area contributed by atoms with Crippen molar-refractivity contribution in [3.8, 4) is 0 Å². The number of rotatable bonds is 7. The van der Waals surface area contributed by atoms with Crippen LogP contribution in [-0.2, 0) is 10.2 Å². The van der Waals surface area contributed by atoms with Gasteiger partial charge in [-0.05, 0) is 36.0 Å². The average Bonchev–Trinajstić information content (AvgIpc) is 2.82. The average molecular weight is 295 g/mol. The molecule has 1 aromatic heterocycles. The Morgan fingerprint density at radius 3 is 2.75 bits per heavy atom. The molecule has 0 aliphatic carbocycles. The van der Waals surface area contributed by atoms with Crippen LogP contribution in [0.1, 0.15) is 43.0 Å². The van der Waals surface area contributed by atoms with Crippen molar-refractivity contribution in [1.29, 1.82) is 0 Å². The van der Waals surface area contributed by atoms with Gasteiger partial charge in [-0.3, -0.25) is 4.79 Å². The van der Waals surface area contributed by atoms with Gasteiger partial charge in [0, 0.05) is 21.2 Å². The number of hydrogen-bond acceptors (Lipinski definition) is 4. The van der Waals surface area contributed by atoms with Gasteiger partial charge in [0.2, 0.25) is 5.91 Å². The van der Waals surface area contributed by atoms with Crippen molar-refractivity contribution in [2.75, 3.05) is 13.1 Å². The van der Waals surface area contributed by atoms with E-state index in [-0.39, 0.29) is 5.41 Å². The molecule has 110 valence electrons. The van der Waals surface area contributed by atoms with E-state index in [1.165, 1.54) is 4.88 Å². The zero-order valence-corrected chi connectivity index (χ0v) is 12.9. The van der Waals surface area contributed by atoms with E-state index in [9.17, 15) is 4.79 Å². The SMILES string of the molecule is CC(C)(C)c1ccc(C(NCCCN=[N+]=[N-])C(N)=O)s1. The van der Waals surface area contributed by atoms with Gasteiger partial charge >= 0.3 is 0 Å². The second-order valence-electron chi connectivity index (χ2n) is 5.55. The maximum Gasteiger partial charge on any atom is 0.239 e. The van der Waals surface area contributed by atoms with E-state index >= 15 is 0 Å². The van der Waals surface area contributed by atoms with E-state index in [0.29, 0.717) is 19.5 Å². The maximum atomic E-state index is 11.6. The van der Waals surface area contributed by atoms with Crippen LogP contribution in [0.2, 0.25) is 0 Å². The molecule has 0 saturated carbocycles. The minimum atomic E-state index is -0.484. The molecule has 3 N–H and O–H groups in total. The molecule has 1 atom stereocenters. The van der Waals surface area contributed by atoms with E-state index in [2.05, 4.69) is 36.1 Å². The minimum Gasteiger partial charge on any atom is -0.368 e. The van der Waals surface area contributed by atoms with Gasteiger partial charge in [0.15, 0.2) is 0 Å². The Hall–Kier alpha value is -1.56. The minimum absolute atomic E-state index is 0.0621. The van der Waals surface area contributed by atoms with Gasteiger partial charge in [0.05, 0.1) is 0 Å². The Labute approximate surface area is 123 Å². The number of nitrogens with one attached hydrogen (secondary N) is 1. The number of nitrogens with two attached hydrogens (primary N) is 1. The molecule has 1 rings (SSSR count). The first-order valence-corrected chi connectivity index (χ1v) is 7.31. The van der Waals surface area contributed by atoms with Crippen molar-refractivity contribution in [3.63, 3.8) is 0 Å². The predicted octanol–water partition coefficient (Wildman–Crippen LogP) is 2.86. The van der Waals surface area contributed by atoms with Gasteiger partial charge in [-0.2, -0.15) is 0 Å². The summed E-state index contributed by atoms with van der Waals surface area (Å²) in [4.78, 5) is 16.4. The molecular weight excluding hydrogens is 274 g/mol. The van der Waals surface area contributed by atoms with E-state index in [0.717, 1.165) is 4.88 Å². The highest BCUT2D eigenvalue weighted by atomic mass is 32.1. The quantitative estimate of drug-likeness (QED) is 0.349. The fraction of sp³-hybridized carbons (Fsp3) is 0.615. The van der Waals surface area contributed by atoms with Crippen LogP contribution in [0.15, 0.2) is 17.2 Å². The molecule has 0 fully saturated rings. The Balaban J connectivity index is 2.69. The molecule has 0 spiro atoms. The third-order valence-corrected chi connectivity index (χ3v) is 4.36. The third kappa shape index (κ3) is 4.85. The smallest absolute Gasteiger partial charge is 0.239 e. The molecule has 1 heterocycles. The van der Waals surface area contributed by atoms with Crippen LogP contribution in [0.25, 0.3) is 10.4 Å². The third-order valence-electron chi connectivity index (χ3n) is 2.78. The molecule has 0 saturated heterocycles. The monoisotopic (exact) mass is 295 g/mol. The van der Waals surface area contributed by atoms with Crippen molar-refractivity contribution in [3.05, 3.63) is 32.3 Å². The Kier molecular flexibility index (Phi) is 6.01. The van der Waals surface area contributed by atoms with Crippen LogP contribution in [-0.4, -0.2) is 19.0 Å². The van der Waals surface area contributed by atoms with Gasteiger partial charge in [0.1, 0.15) is 6.04 Å². The van der Waals surface area contributed by atoms with E-state index in [4.69, 9.17) is 11.3 Å². The second-order valence-corrected chi connectivity index (χ2v) is 6.66. The molecule has 6 nitrogen and oxygen atoms in total. The summed E-state index contributed by atoms with van der Waals surface area (Å²) in [5.74, 6) is -0.393. The van der Waals surface area contributed by atoms with Crippen molar-refractivity contribution >= 4 is 17.2 Å². The predicted molar refractivity (Wildman–Crippen MR) is 81.6 cm³/mol. The highest BCUT2D eigenvalue weighted by molar-refractivity contribution is 7.12. The first kappa shape index (κ1) is 16.5. The summed E-state index contributed by atoms with van der Waals surface area (Å²) in [5, 5.41) is 6.56. The maximum absolute atomic E-state index is 11.6. The summed E-state index contributed by atoms with van der Waals surface area (Å²) in [6.07, 6.45) is 0.672. The van der Waals surface area contributed by atoms with Crippen LogP contribution >= 0.6 is 11.3 Å². The largest absolute Gasteiger partial charge is 0.368 e. The van der Waals surface area contributed by atoms with E-state index in [1.54, 1.807) is 11.3 Å². The second kappa shape index (κ2) is 7.28. The summed E-state index contributed by atoms with van der Waals surface area (Å²) >= 11 is 1.60. The molecule has 1 amide bonds. The molecule has 7 heteroatoms. The summed E-state index contributed by atoms with van der Waals surface area (Å²) in [7, 11) is 0. The molecule has 0 bridgehead atoms. The molecular formula is C13H21N5OS. The summed E-state index contributed by atoms with van der Waals surface area (Å²) in [6, 6.07) is 3.50. The van der Waals surface area contributed by atoms with Crippen molar-refractivity contribution in [2.45, 2.75) is 38.6 Å². The molecule has 0 radical (unpaired) electrons. The zero-order valence-electron chi connectivity index (χ0n) is 12.1. The van der Waals surface area contributed by atoms with Crippen LogP contribution in [0.5, 0.6) is 0 Å². The molecule has 1 unspecified atom stereocenters. The highest BCUT2D eigenvalue weighted by Crippen LogP contribution is 2.32. The van der Waals surface area contributed by atoms with E-state index < -0.39 is 11.9 Å². The lowest BCUT2D eigenvalue weighted by atomic mass is 9.95. The number of primary amides is 1. The van der Waals surface area contributed by atoms with Crippen molar-refractivity contribution < 1.29 is 4.79 Å². The number of azide groups is 1. The van der Waals surface area contributed by atoms with Gasteiger partial charge in [-0.15, -0.1) is 11.3 Å². The molecule has 0 aromatic carbocycles. The Bertz CT molecular complexity index is 499. The van der Waals surface area contributed by atoms with E-state index in [1.807, 2.05) is 12.1 Å². The topological polar surface area (TPSA) is 104 Å². The standard InChI is InChI=1S/C13H21N5OS/c1-13(2,3)10-6-5-9(20-10)11(12(14)19)16-7-4-8-17-18-15/h5-6,11,16H,4,7-8H2,1-3H3,(H2,14,19). The lowest BCUT2D eigenvalue weighted by Crippen LogP contribution is -2.33. The first-order chi connectivity index (χ1) is 9.36. The number of hydrogen-bond donors (Lipinski definition) is 2. The fourth-order valence-corrected chi connectivity index (χ4v) is 2.84. The number of amides is 1. The highest BCUT2D eigenvalue weighted by Gasteiger charge is 2.22. The Morgan fingerprint density at radius 1 is 1.55 bits per heavy atom. The molecule has 20 heavy (non-hydrogen) atoms.